The molecule has 4 rings (SSSR count). The van der Waals surface area contributed by atoms with E-state index in [1.807, 2.05) is 32.0 Å². The summed E-state index contributed by atoms with van der Waals surface area (Å²) in [7, 11) is 0. The van der Waals surface area contributed by atoms with Gasteiger partial charge in [0, 0.05) is 6.04 Å². The zero-order chi connectivity index (χ0) is 19.7. The Morgan fingerprint density at radius 2 is 1.89 bits per heavy atom. The quantitative estimate of drug-likeness (QED) is 0.844. The summed E-state index contributed by atoms with van der Waals surface area (Å²) in [6, 6.07) is 5.71. The molecule has 2 aromatic rings. The molecular formula is C20H28N6O2. The van der Waals surface area contributed by atoms with E-state index in [1.165, 1.54) is 0 Å². The number of aliphatic hydroxyl groups excluding tert-OH is 1. The lowest BCUT2D eigenvalue weighted by Gasteiger charge is -2.30. The number of carbonyl (C=O) groups is 1. The molecule has 0 bridgehead atoms. The van der Waals surface area contributed by atoms with Crippen LogP contribution in [-0.2, 0) is 0 Å². The topological polar surface area (TPSA) is 96.2 Å². The summed E-state index contributed by atoms with van der Waals surface area (Å²) in [5, 5.41) is 25.5. The molecular weight excluding hydrogens is 356 g/mol. The van der Waals surface area contributed by atoms with E-state index in [-0.39, 0.29) is 30.8 Å². The fourth-order valence-electron chi connectivity index (χ4n) is 4.64. The Hall–Kier alpha value is -2.48. The van der Waals surface area contributed by atoms with Crippen molar-refractivity contribution in [3.63, 3.8) is 0 Å². The highest BCUT2D eigenvalue weighted by Gasteiger charge is 2.41. The Labute approximate surface area is 164 Å². The molecule has 8 nitrogen and oxygen atoms in total. The Kier molecular flexibility index (Phi) is 5.30. The Balaban J connectivity index is 1.66. The van der Waals surface area contributed by atoms with Gasteiger partial charge in [0.1, 0.15) is 0 Å². The number of aromatic nitrogens is 4. The van der Waals surface area contributed by atoms with E-state index < -0.39 is 0 Å². The van der Waals surface area contributed by atoms with Gasteiger partial charge in [-0.05, 0) is 61.1 Å². The molecule has 28 heavy (non-hydrogen) atoms. The van der Waals surface area contributed by atoms with Crippen molar-refractivity contribution < 1.29 is 9.90 Å². The van der Waals surface area contributed by atoms with E-state index in [2.05, 4.69) is 20.8 Å². The van der Waals surface area contributed by atoms with Gasteiger partial charge < -0.3 is 15.3 Å². The van der Waals surface area contributed by atoms with E-state index >= 15 is 0 Å². The number of rotatable bonds is 4. The van der Waals surface area contributed by atoms with Gasteiger partial charge in [-0.25, -0.2) is 4.79 Å². The monoisotopic (exact) mass is 384 g/mol. The van der Waals surface area contributed by atoms with Crippen LogP contribution in [0.25, 0.3) is 5.69 Å². The van der Waals surface area contributed by atoms with Crippen molar-refractivity contribution in [3.8, 4) is 5.69 Å². The molecule has 0 spiro atoms. The first-order valence-electron chi connectivity index (χ1n) is 10.1. The molecule has 1 saturated heterocycles. The van der Waals surface area contributed by atoms with Crippen molar-refractivity contribution in [2.45, 2.75) is 70.5 Å². The number of nitrogens with one attached hydrogen (secondary N) is 1. The molecule has 0 unspecified atom stereocenters. The highest BCUT2D eigenvalue weighted by molar-refractivity contribution is 5.76. The van der Waals surface area contributed by atoms with Crippen LogP contribution < -0.4 is 5.32 Å². The van der Waals surface area contributed by atoms with Crippen LogP contribution in [0.5, 0.6) is 0 Å². The number of amides is 2. The lowest BCUT2D eigenvalue weighted by Crippen LogP contribution is -2.48. The number of likely N-dealkylation sites (tertiary alicyclic amines) is 1. The van der Waals surface area contributed by atoms with E-state index in [1.54, 1.807) is 9.58 Å². The number of hydrogen-bond donors (Lipinski definition) is 2. The molecule has 1 aromatic heterocycles. The third-order valence-corrected chi connectivity index (χ3v) is 6.07. The molecule has 2 heterocycles. The minimum atomic E-state index is -0.257. The van der Waals surface area contributed by atoms with E-state index in [0.717, 1.165) is 55.3 Å². The van der Waals surface area contributed by atoms with Gasteiger partial charge in [0.25, 0.3) is 0 Å². The first-order chi connectivity index (χ1) is 13.6. The third-order valence-electron chi connectivity index (χ3n) is 6.07. The summed E-state index contributed by atoms with van der Waals surface area (Å²) in [6.07, 6.45) is 5.82. The van der Waals surface area contributed by atoms with Gasteiger partial charge in [-0.1, -0.05) is 31.0 Å². The summed E-state index contributed by atoms with van der Waals surface area (Å²) >= 11 is 0. The summed E-state index contributed by atoms with van der Waals surface area (Å²) in [4.78, 5) is 14.8. The lowest BCUT2D eigenvalue weighted by atomic mass is 10.1. The number of urea groups is 1. The van der Waals surface area contributed by atoms with Gasteiger partial charge in [-0.15, -0.1) is 5.10 Å². The van der Waals surface area contributed by atoms with Crippen molar-refractivity contribution in [1.29, 1.82) is 0 Å². The molecule has 1 saturated carbocycles. The maximum absolute atomic E-state index is 13.1. The van der Waals surface area contributed by atoms with E-state index in [0.29, 0.717) is 5.82 Å². The molecule has 1 aromatic carbocycles. The molecule has 0 radical (unpaired) electrons. The first-order valence-corrected chi connectivity index (χ1v) is 10.1. The smallest absolute Gasteiger partial charge is 0.318 e. The number of aryl methyl sites for hydroxylation is 2. The highest BCUT2D eigenvalue weighted by Crippen LogP contribution is 2.36. The minimum Gasteiger partial charge on any atom is -0.394 e. The van der Waals surface area contributed by atoms with Crippen LogP contribution in [0.4, 0.5) is 4.79 Å². The van der Waals surface area contributed by atoms with Crippen molar-refractivity contribution in [1.82, 2.24) is 30.4 Å². The van der Waals surface area contributed by atoms with E-state index in [4.69, 9.17) is 0 Å². The zero-order valence-electron chi connectivity index (χ0n) is 16.5. The number of nitrogens with zero attached hydrogens (tertiary/aromatic N) is 5. The summed E-state index contributed by atoms with van der Waals surface area (Å²) in [5.41, 5.74) is 3.10. The Morgan fingerprint density at radius 1 is 1.18 bits per heavy atom. The second-order valence-electron chi connectivity index (χ2n) is 7.96. The summed E-state index contributed by atoms with van der Waals surface area (Å²) < 4.78 is 1.75. The molecule has 2 amide bonds. The number of aliphatic hydroxyl groups is 1. The molecule has 2 atom stereocenters. The number of tetrazole rings is 1. The van der Waals surface area contributed by atoms with Crippen molar-refractivity contribution in [3.05, 3.63) is 35.2 Å². The Bertz CT molecular complexity index is 825. The fourth-order valence-corrected chi connectivity index (χ4v) is 4.64. The first kappa shape index (κ1) is 18.9. The van der Waals surface area contributed by atoms with E-state index in [9.17, 15) is 9.90 Å². The predicted octanol–water partition coefficient (Wildman–Crippen LogP) is 2.43. The van der Waals surface area contributed by atoms with Crippen LogP contribution >= 0.6 is 0 Å². The predicted molar refractivity (Wildman–Crippen MR) is 104 cm³/mol. The second kappa shape index (κ2) is 7.87. The SMILES string of the molecule is Cc1cccc(C)c1-n1nnnc1[C@H]1CC[C@@H](CO)N1C(=O)NC1CCCC1. The van der Waals surface area contributed by atoms with Gasteiger partial charge in [-0.3, -0.25) is 0 Å². The van der Waals surface area contributed by atoms with Gasteiger partial charge in [-0.2, -0.15) is 4.68 Å². The Morgan fingerprint density at radius 3 is 2.57 bits per heavy atom. The molecule has 150 valence electrons. The normalized spacial score (nSPS) is 22.8. The third kappa shape index (κ3) is 3.37. The molecule has 8 heteroatoms. The van der Waals surface area contributed by atoms with Crippen LogP contribution in [0.1, 0.15) is 61.5 Å². The van der Waals surface area contributed by atoms with Crippen LogP contribution in [0, 0.1) is 13.8 Å². The number of para-hydroxylation sites is 1. The zero-order valence-corrected chi connectivity index (χ0v) is 16.5. The standard InChI is InChI=1S/C20H28N6O2/c1-13-6-5-7-14(2)18(13)26-19(22-23-24-26)17-11-10-16(12-27)25(17)20(28)21-15-8-3-4-9-15/h5-7,15-17,27H,3-4,8-12H2,1-2H3,(H,21,28)/t16-,17+/m0/s1. The maximum Gasteiger partial charge on any atom is 0.318 e. The largest absolute Gasteiger partial charge is 0.394 e. The van der Waals surface area contributed by atoms with Gasteiger partial charge in [0.05, 0.1) is 24.4 Å². The van der Waals surface area contributed by atoms with Crippen molar-refractivity contribution in [2.24, 2.45) is 0 Å². The van der Waals surface area contributed by atoms with Crippen molar-refractivity contribution in [2.75, 3.05) is 6.61 Å². The van der Waals surface area contributed by atoms with Crippen molar-refractivity contribution >= 4 is 6.03 Å². The second-order valence-corrected chi connectivity index (χ2v) is 7.96. The lowest BCUT2D eigenvalue weighted by molar-refractivity contribution is 0.132. The number of benzene rings is 1. The fraction of sp³-hybridized carbons (Fsp3) is 0.600. The molecule has 2 N–H and O–H groups in total. The van der Waals surface area contributed by atoms with Gasteiger partial charge >= 0.3 is 6.03 Å². The summed E-state index contributed by atoms with van der Waals surface area (Å²) in [6.45, 7) is 4.01. The minimum absolute atomic E-state index is 0.0560. The van der Waals surface area contributed by atoms with Crippen LogP contribution in [-0.4, -0.2) is 54.9 Å². The van der Waals surface area contributed by atoms with Crippen LogP contribution in [0.2, 0.25) is 0 Å². The highest BCUT2D eigenvalue weighted by atomic mass is 16.3. The molecule has 2 fully saturated rings. The number of hydrogen-bond acceptors (Lipinski definition) is 5. The molecule has 1 aliphatic heterocycles. The van der Waals surface area contributed by atoms with Gasteiger partial charge in [0.2, 0.25) is 0 Å². The molecule has 2 aliphatic rings. The molecule has 1 aliphatic carbocycles. The number of carbonyl (C=O) groups excluding carboxylic acids is 1. The average Bonchev–Trinajstić information content (AvgIpc) is 3.41. The van der Waals surface area contributed by atoms with Gasteiger partial charge in [0.15, 0.2) is 5.82 Å². The van der Waals surface area contributed by atoms with Crippen LogP contribution in [0.3, 0.4) is 0 Å². The van der Waals surface area contributed by atoms with Crippen LogP contribution in [0.15, 0.2) is 18.2 Å². The maximum atomic E-state index is 13.1. The summed E-state index contributed by atoms with van der Waals surface area (Å²) in [5.74, 6) is 0.648. The average molecular weight is 384 g/mol.